The van der Waals surface area contributed by atoms with E-state index < -0.39 is 0 Å². The van der Waals surface area contributed by atoms with Crippen molar-refractivity contribution in [2.24, 2.45) is 4.99 Å². The Bertz CT molecular complexity index is 307. The average Bonchev–Trinajstić information content (AvgIpc) is 2.75. The Hall–Kier alpha value is -1.41. The van der Waals surface area contributed by atoms with Crippen molar-refractivity contribution in [1.29, 1.82) is 0 Å². The van der Waals surface area contributed by atoms with Crippen LogP contribution in [0, 0.1) is 0 Å². The van der Waals surface area contributed by atoms with Gasteiger partial charge in [-0.1, -0.05) is 0 Å². The first-order chi connectivity index (χ1) is 5.42. The van der Waals surface area contributed by atoms with Crippen molar-refractivity contribution in [3.63, 3.8) is 0 Å². The third kappa shape index (κ3) is 1.08. The van der Waals surface area contributed by atoms with Crippen LogP contribution in [0.3, 0.4) is 0 Å². The molecule has 56 valence electrons. The van der Waals surface area contributed by atoms with Crippen LogP contribution in [0.1, 0.15) is 18.9 Å². The minimum Gasteiger partial charge on any atom is -0.312 e. The Morgan fingerprint density at radius 1 is 1.73 bits per heavy atom. The summed E-state index contributed by atoms with van der Waals surface area (Å²) in [6, 6.07) is 0.518. The van der Waals surface area contributed by atoms with E-state index in [0.29, 0.717) is 12.0 Å². The smallest absolute Gasteiger partial charge is 0.243 e. The third-order valence-corrected chi connectivity index (χ3v) is 1.73. The van der Waals surface area contributed by atoms with Gasteiger partial charge in [-0.2, -0.15) is 0 Å². The molecule has 1 aliphatic carbocycles. The number of carbonyl (C=O) groups excluding carboxylic acids is 1. The van der Waals surface area contributed by atoms with E-state index in [9.17, 15) is 4.79 Å². The van der Waals surface area contributed by atoms with Gasteiger partial charge >= 0.3 is 0 Å². The van der Waals surface area contributed by atoms with Gasteiger partial charge in [0.1, 0.15) is 0 Å². The summed E-state index contributed by atoms with van der Waals surface area (Å²) in [5.74, 6) is 0.475. The molecule has 4 heteroatoms. The molecule has 1 heterocycles. The van der Waals surface area contributed by atoms with E-state index >= 15 is 0 Å². The van der Waals surface area contributed by atoms with Crippen molar-refractivity contribution in [1.82, 2.24) is 9.55 Å². The number of nitrogens with zero attached hydrogens (tertiary/aromatic N) is 3. The molecular weight excluding hydrogens is 142 g/mol. The maximum atomic E-state index is 9.92. The van der Waals surface area contributed by atoms with Gasteiger partial charge in [0.15, 0.2) is 0 Å². The fraction of sp³-hybridized carbons (Fsp3) is 0.429. The van der Waals surface area contributed by atoms with Gasteiger partial charge in [0.25, 0.3) is 0 Å². The molecule has 0 spiro atoms. The Kier molecular flexibility index (Phi) is 1.33. The molecule has 11 heavy (non-hydrogen) atoms. The van der Waals surface area contributed by atoms with Crippen molar-refractivity contribution < 1.29 is 4.79 Å². The molecule has 1 aliphatic rings. The van der Waals surface area contributed by atoms with Gasteiger partial charge in [-0.3, -0.25) is 0 Å². The zero-order valence-corrected chi connectivity index (χ0v) is 5.90. The largest absolute Gasteiger partial charge is 0.312 e. The first-order valence-electron chi connectivity index (χ1n) is 3.52. The number of aromatic nitrogens is 2. The highest BCUT2D eigenvalue weighted by molar-refractivity contribution is 5.41. The second kappa shape index (κ2) is 2.32. The Morgan fingerprint density at radius 2 is 2.55 bits per heavy atom. The maximum Gasteiger partial charge on any atom is 0.243 e. The van der Waals surface area contributed by atoms with Crippen molar-refractivity contribution >= 4 is 12.0 Å². The lowest BCUT2D eigenvalue weighted by Gasteiger charge is -1.97. The monoisotopic (exact) mass is 149 g/mol. The summed E-state index contributed by atoms with van der Waals surface area (Å²) in [5, 5.41) is 0. The molecule has 0 amide bonds. The summed E-state index contributed by atoms with van der Waals surface area (Å²) in [4.78, 5) is 17.3. The first-order valence-corrected chi connectivity index (χ1v) is 3.52. The molecule has 4 nitrogen and oxygen atoms in total. The highest BCUT2D eigenvalue weighted by Crippen LogP contribution is 2.37. The first kappa shape index (κ1) is 6.31. The summed E-state index contributed by atoms with van der Waals surface area (Å²) in [6.07, 6.45) is 7.30. The SMILES string of the molecule is O=C=Nc1nccn1C1CC1. The van der Waals surface area contributed by atoms with Gasteiger partial charge < -0.3 is 4.57 Å². The number of hydrogen-bond acceptors (Lipinski definition) is 3. The van der Waals surface area contributed by atoms with Crippen molar-refractivity contribution in [3.8, 4) is 0 Å². The van der Waals surface area contributed by atoms with Crippen LogP contribution in [-0.4, -0.2) is 15.6 Å². The van der Waals surface area contributed by atoms with Crippen LogP contribution in [0.5, 0.6) is 0 Å². The van der Waals surface area contributed by atoms with Gasteiger partial charge in [0.05, 0.1) is 0 Å². The van der Waals surface area contributed by atoms with Gasteiger partial charge in [-0.05, 0) is 12.8 Å². The molecule has 0 N–H and O–H groups in total. The third-order valence-electron chi connectivity index (χ3n) is 1.73. The minimum atomic E-state index is 0.475. The molecule has 0 saturated heterocycles. The molecule has 2 rings (SSSR count). The van der Waals surface area contributed by atoms with E-state index in [-0.39, 0.29) is 0 Å². The molecule has 0 aliphatic heterocycles. The van der Waals surface area contributed by atoms with Crippen LogP contribution in [0.2, 0.25) is 0 Å². The van der Waals surface area contributed by atoms with Crippen LogP contribution in [0.4, 0.5) is 5.95 Å². The van der Waals surface area contributed by atoms with Crippen LogP contribution < -0.4 is 0 Å². The van der Waals surface area contributed by atoms with Crippen LogP contribution in [0.25, 0.3) is 0 Å². The van der Waals surface area contributed by atoms with Crippen molar-refractivity contribution in [2.45, 2.75) is 18.9 Å². The van der Waals surface area contributed by atoms with Gasteiger partial charge in [0.2, 0.25) is 12.0 Å². The Balaban J connectivity index is 2.36. The van der Waals surface area contributed by atoms with E-state index in [1.54, 1.807) is 6.20 Å². The molecule has 1 aromatic heterocycles. The van der Waals surface area contributed by atoms with Crippen molar-refractivity contribution in [2.75, 3.05) is 0 Å². The Morgan fingerprint density at radius 3 is 3.18 bits per heavy atom. The zero-order chi connectivity index (χ0) is 7.68. The molecule has 0 aromatic carbocycles. The number of hydrogen-bond donors (Lipinski definition) is 0. The molecule has 0 radical (unpaired) electrons. The number of aliphatic imine (C=N–C) groups is 1. The summed E-state index contributed by atoms with van der Waals surface area (Å²) >= 11 is 0. The lowest BCUT2D eigenvalue weighted by atomic mass is 10.6. The lowest BCUT2D eigenvalue weighted by molar-refractivity contribution is 0.564. The zero-order valence-electron chi connectivity index (χ0n) is 5.90. The fourth-order valence-corrected chi connectivity index (χ4v) is 1.07. The van der Waals surface area contributed by atoms with E-state index in [1.165, 1.54) is 6.08 Å². The predicted molar refractivity (Wildman–Crippen MR) is 38.3 cm³/mol. The van der Waals surface area contributed by atoms with E-state index in [0.717, 1.165) is 12.8 Å². The molecular formula is C7H7N3O. The summed E-state index contributed by atoms with van der Waals surface area (Å²) in [5.41, 5.74) is 0. The maximum absolute atomic E-state index is 9.92. The number of imidazole rings is 1. The van der Waals surface area contributed by atoms with Gasteiger partial charge in [0, 0.05) is 18.4 Å². The minimum absolute atomic E-state index is 0.475. The lowest BCUT2D eigenvalue weighted by Crippen LogP contribution is -1.89. The molecule has 1 saturated carbocycles. The predicted octanol–water partition coefficient (Wildman–Crippen LogP) is 1.19. The van der Waals surface area contributed by atoms with Gasteiger partial charge in [-0.15, -0.1) is 4.99 Å². The van der Waals surface area contributed by atoms with E-state index in [1.807, 2.05) is 10.8 Å². The summed E-state index contributed by atoms with van der Waals surface area (Å²) in [7, 11) is 0. The van der Waals surface area contributed by atoms with E-state index in [4.69, 9.17) is 0 Å². The molecule has 1 fully saturated rings. The fourth-order valence-electron chi connectivity index (χ4n) is 1.07. The normalized spacial score (nSPS) is 16.0. The molecule has 1 aromatic rings. The Labute approximate surface area is 63.6 Å². The number of rotatable bonds is 2. The van der Waals surface area contributed by atoms with Crippen LogP contribution in [0.15, 0.2) is 17.4 Å². The van der Waals surface area contributed by atoms with Gasteiger partial charge in [-0.25, -0.2) is 9.78 Å². The quantitative estimate of drug-likeness (QED) is 0.468. The standard InChI is InChI=1S/C7H7N3O/c11-5-9-7-8-3-4-10(7)6-1-2-6/h3-4,6H,1-2H2. The van der Waals surface area contributed by atoms with E-state index in [2.05, 4.69) is 9.98 Å². The highest BCUT2D eigenvalue weighted by atomic mass is 16.1. The van der Waals surface area contributed by atoms with Crippen LogP contribution >= 0.6 is 0 Å². The summed E-state index contributed by atoms with van der Waals surface area (Å²) < 4.78 is 1.91. The van der Waals surface area contributed by atoms with Crippen LogP contribution in [-0.2, 0) is 4.79 Å². The number of isocyanates is 1. The van der Waals surface area contributed by atoms with Crippen molar-refractivity contribution in [3.05, 3.63) is 12.4 Å². The second-order valence-corrected chi connectivity index (χ2v) is 2.57. The molecule has 0 atom stereocenters. The topological polar surface area (TPSA) is 47.2 Å². The highest BCUT2D eigenvalue weighted by Gasteiger charge is 2.25. The second-order valence-electron chi connectivity index (χ2n) is 2.57. The average molecular weight is 149 g/mol. The summed E-state index contributed by atoms with van der Waals surface area (Å²) in [6.45, 7) is 0. The molecule has 0 bridgehead atoms. The molecule has 0 unspecified atom stereocenters.